The molecule has 4 nitrogen and oxygen atoms in total. The third kappa shape index (κ3) is 2.87. The van der Waals surface area contributed by atoms with Gasteiger partial charge in [-0.15, -0.1) is 0 Å². The van der Waals surface area contributed by atoms with Gasteiger partial charge in [-0.05, 0) is 41.5 Å². The summed E-state index contributed by atoms with van der Waals surface area (Å²) in [4.78, 5) is 0. The first-order valence-electron chi connectivity index (χ1n) is 9.64. The van der Waals surface area contributed by atoms with Crippen LogP contribution < -0.4 is 9.13 Å². The third-order valence-electron chi connectivity index (χ3n) is 5.46. The summed E-state index contributed by atoms with van der Waals surface area (Å²) < 4.78 is 9.01. The van der Waals surface area contributed by atoms with Crippen molar-refractivity contribution in [3.8, 4) is 0 Å². The van der Waals surface area contributed by atoms with Crippen LogP contribution in [0.2, 0.25) is 0 Å². The van der Waals surface area contributed by atoms with E-state index < -0.39 is 0 Å². The van der Waals surface area contributed by atoms with E-state index in [9.17, 15) is 0 Å². The van der Waals surface area contributed by atoms with Crippen molar-refractivity contribution in [1.29, 1.82) is 0 Å². The maximum absolute atomic E-state index is 2.32. The lowest BCUT2D eigenvalue weighted by Gasteiger charge is -2.03. The zero-order valence-corrected chi connectivity index (χ0v) is 16.3. The Balaban J connectivity index is 1.46. The number of imidazole rings is 2. The van der Waals surface area contributed by atoms with E-state index in [0.29, 0.717) is 0 Å². The quantitative estimate of drug-likeness (QED) is 0.433. The van der Waals surface area contributed by atoms with E-state index >= 15 is 0 Å². The molecule has 2 heterocycles. The predicted octanol–water partition coefficient (Wildman–Crippen LogP) is 3.34. The van der Waals surface area contributed by atoms with E-state index in [-0.39, 0.29) is 0 Å². The van der Waals surface area contributed by atoms with Crippen LogP contribution in [0.4, 0.5) is 0 Å². The van der Waals surface area contributed by atoms with Gasteiger partial charge in [-0.2, -0.15) is 0 Å². The number of benzene rings is 3. The summed E-state index contributed by atoms with van der Waals surface area (Å²) >= 11 is 0. The fourth-order valence-electron chi connectivity index (χ4n) is 4.15. The van der Waals surface area contributed by atoms with Gasteiger partial charge in [0.15, 0.2) is 22.1 Å². The Morgan fingerprint density at radius 2 is 1.07 bits per heavy atom. The molecule has 5 rings (SSSR count). The molecule has 2 aromatic heterocycles. The maximum Gasteiger partial charge on any atom is 0.244 e. The summed E-state index contributed by atoms with van der Waals surface area (Å²) in [6.07, 6.45) is 4.35. The van der Waals surface area contributed by atoms with E-state index in [1.165, 1.54) is 33.2 Å². The fourth-order valence-corrected chi connectivity index (χ4v) is 4.15. The zero-order chi connectivity index (χ0) is 19.1. The van der Waals surface area contributed by atoms with Crippen LogP contribution >= 0.6 is 0 Å². The van der Waals surface area contributed by atoms with Crippen LogP contribution in [-0.2, 0) is 27.2 Å². The van der Waals surface area contributed by atoms with Gasteiger partial charge in [0, 0.05) is 0 Å². The molecule has 0 aliphatic carbocycles. The van der Waals surface area contributed by atoms with Crippen LogP contribution in [0.15, 0.2) is 85.5 Å². The normalized spacial score (nSPS) is 11.5. The number of hydrogen-bond acceptors (Lipinski definition) is 0. The van der Waals surface area contributed by atoms with Gasteiger partial charge >= 0.3 is 0 Å². The highest BCUT2D eigenvalue weighted by molar-refractivity contribution is 5.72. The van der Waals surface area contributed by atoms with Gasteiger partial charge in [0.1, 0.15) is 13.1 Å². The number of hydrogen-bond donors (Lipinski definition) is 0. The number of aromatic nitrogens is 4. The van der Waals surface area contributed by atoms with E-state index in [2.05, 4.69) is 118 Å². The smallest absolute Gasteiger partial charge is 0.233 e. The molecular weight excluding hydrogens is 344 g/mol. The summed E-state index contributed by atoms with van der Waals surface area (Å²) in [6, 6.07) is 26.0. The first-order valence-corrected chi connectivity index (χ1v) is 9.64. The largest absolute Gasteiger partial charge is 0.244 e. The Kier molecular flexibility index (Phi) is 3.97. The number of fused-ring (bicyclic) bond motifs is 2. The molecule has 0 aliphatic heterocycles. The Labute approximate surface area is 164 Å². The monoisotopic (exact) mass is 368 g/mol. The van der Waals surface area contributed by atoms with Crippen molar-refractivity contribution in [3.05, 3.63) is 96.6 Å². The molecule has 0 amide bonds. The second kappa shape index (κ2) is 6.64. The molecule has 0 atom stereocenters. The lowest BCUT2D eigenvalue weighted by molar-refractivity contribution is -0.645. The van der Waals surface area contributed by atoms with Crippen molar-refractivity contribution >= 4 is 22.1 Å². The van der Waals surface area contributed by atoms with E-state index in [1.54, 1.807) is 0 Å². The van der Waals surface area contributed by atoms with Crippen molar-refractivity contribution in [2.75, 3.05) is 0 Å². The molecule has 3 aromatic carbocycles. The van der Waals surface area contributed by atoms with Crippen LogP contribution in [0, 0.1) is 0 Å². The van der Waals surface area contributed by atoms with Crippen LogP contribution in [0.5, 0.6) is 0 Å². The van der Waals surface area contributed by atoms with Crippen molar-refractivity contribution in [2.24, 2.45) is 14.1 Å². The summed E-state index contributed by atoms with van der Waals surface area (Å²) in [6.45, 7) is 1.74. The van der Waals surface area contributed by atoms with Crippen LogP contribution in [-0.4, -0.2) is 9.13 Å². The molecule has 138 valence electrons. The standard InChI is InChI=1S/C24H24N4/c1-25-17-27(23-12-5-3-10-21(23)25)15-19-8-7-9-20(14-19)16-28-18-26(2)22-11-4-6-13-24(22)28/h3-14,17-18H,15-16H2,1-2H3/q+2. The van der Waals surface area contributed by atoms with Gasteiger partial charge in [-0.25, -0.2) is 18.3 Å². The molecular formula is C24H24N4+2. The summed E-state index contributed by atoms with van der Waals surface area (Å²) in [5, 5.41) is 0. The van der Waals surface area contributed by atoms with Crippen molar-refractivity contribution < 1.29 is 9.13 Å². The minimum absolute atomic E-state index is 0.870. The van der Waals surface area contributed by atoms with Gasteiger partial charge in [0.05, 0.1) is 14.1 Å². The number of para-hydroxylation sites is 4. The van der Waals surface area contributed by atoms with Crippen LogP contribution in [0.25, 0.3) is 22.1 Å². The highest BCUT2D eigenvalue weighted by atomic mass is 15.1. The van der Waals surface area contributed by atoms with Gasteiger partial charge < -0.3 is 0 Å². The minimum Gasteiger partial charge on any atom is -0.233 e. The fraction of sp³-hybridized carbons (Fsp3) is 0.167. The Morgan fingerprint density at radius 3 is 1.57 bits per heavy atom. The molecule has 0 fully saturated rings. The molecule has 0 N–H and O–H groups in total. The first-order chi connectivity index (χ1) is 13.7. The average molecular weight is 368 g/mol. The Morgan fingerprint density at radius 1 is 0.607 bits per heavy atom. The number of rotatable bonds is 4. The predicted molar refractivity (Wildman–Crippen MR) is 111 cm³/mol. The second-order valence-corrected chi connectivity index (χ2v) is 7.51. The molecule has 0 aliphatic rings. The molecule has 0 spiro atoms. The molecule has 0 unspecified atom stereocenters. The average Bonchev–Trinajstić information content (AvgIpc) is 3.20. The van der Waals surface area contributed by atoms with Gasteiger partial charge in [0.25, 0.3) is 0 Å². The lowest BCUT2D eigenvalue weighted by atomic mass is 10.1. The molecule has 0 saturated carbocycles. The van der Waals surface area contributed by atoms with E-state index in [4.69, 9.17) is 0 Å². The van der Waals surface area contributed by atoms with Crippen molar-refractivity contribution in [1.82, 2.24) is 9.13 Å². The second-order valence-electron chi connectivity index (χ2n) is 7.51. The molecule has 0 bridgehead atoms. The third-order valence-corrected chi connectivity index (χ3v) is 5.46. The maximum atomic E-state index is 2.32. The molecule has 28 heavy (non-hydrogen) atoms. The Bertz CT molecular complexity index is 1200. The molecule has 4 heteroatoms. The van der Waals surface area contributed by atoms with E-state index in [0.717, 1.165) is 13.1 Å². The number of nitrogens with zero attached hydrogens (tertiary/aromatic N) is 4. The lowest BCUT2D eigenvalue weighted by Crippen LogP contribution is -2.25. The number of aryl methyl sites for hydroxylation is 2. The minimum atomic E-state index is 0.870. The molecule has 5 aromatic rings. The zero-order valence-electron chi connectivity index (χ0n) is 16.3. The van der Waals surface area contributed by atoms with Gasteiger partial charge in [-0.1, -0.05) is 42.5 Å². The Hall–Kier alpha value is -3.40. The topological polar surface area (TPSA) is 17.6 Å². The van der Waals surface area contributed by atoms with Crippen molar-refractivity contribution in [2.45, 2.75) is 13.1 Å². The van der Waals surface area contributed by atoms with Gasteiger partial charge in [-0.3, -0.25) is 0 Å². The first kappa shape index (κ1) is 16.8. The van der Waals surface area contributed by atoms with Gasteiger partial charge in [0.2, 0.25) is 12.7 Å². The highest BCUT2D eigenvalue weighted by Crippen LogP contribution is 2.16. The summed E-state index contributed by atoms with van der Waals surface area (Å²) in [5.74, 6) is 0. The van der Waals surface area contributed by atoms with Crippen molar-refractivity contribution in [3.63, 3.8) is 0 Å². The van der Waals surface area contributed by atoms with E-state index in [1.807, 2.05) is 0 Å². The summed E-state index contributed by atoms with van der Waals surface area (Å²) in [5.41, 5.74) is 7.67. The SMILES string of the molecule is C[n+]1cn(Cc2cccc(Cn3c[n+](C)c4ccccc43)c2)c2ccccc21. The van der Waals surface area contributed by atoms with Crippen LogP contribution in [0.1, 0.15) is 11.1 Å². The molecule has 0 radical (unpaired) electrons. The molecule has 0 saturated heterocycles. The highest BCUT2D eigenvalue weighted by Gasteiger charge is 2.15. The van der Waals surface area contributed by atoms with Crippen LogP contribution in [0.3, 0.4) is 0 Å². The summed E-state index contributed by atoms with van der Waals surface area (Å²) in [7, 11) is 4.21.